The van der Waals surface area contributed by atoms with Crippen LogP contribution >= 0.6 is 0 Å². The van der Waals surface area contributed by atoms with E-state index in [2.05, 4.69) is 13.8 Å². The molecular formula is C12H19NO. The third kappa shape index (κ3) is 1.49. The van der Waals surface area contributed by atoms with Crippen LogP contribution in [-0.4, -0.2) is 4.57 Å². The second-order valence-corrected chi connectivity index (χ2v) is 4.27. The summed E-state index contributed by atoms with van der Waals surface area (Å²) in [6.07, 6.45) is 0. The summed E-state index contributed by atoms with van der Waals surface area (Å²) < 4.78 is 1.75. The lowest BCUT2D eigenvalue weighted by Crippen LogP contribution is -2.25. The standard InChI is InChI=1S/C12H19NO/c1-7(2)11-8(3)9(4)12(14)13(6)10(11)5/h7H,1-6H3. The molecule has 0 fully saturated rings. The van der Waals surface area contributed by atoms with Gasteiger partial charge in [-0.2, -0.15) is 0 Å². The van der Waals surface area contributed by atoms with Gasteiger partial charge in [0.05, 0.1) is 0 Å². The van der Waals surface area contributed by atoms with Gasteiger partial charge in [-0.05, 0) is 37.8 Å². The van der Waals surface area contributed by atoms with Crippen molar-refractivity contribution in [2.24, 2.45) is 7.05 Å². The zero-order chi connectivity index (χ0) is 11.0. The van der Waals surface area contributed by atoms with Crippen LogP contribution in [-0.2, 0) is 7.05 Å². The molecule has 1 aromatic rings. The average molecular weight is 193 g/mol. The molecule has 0 saturated heterocycles. The Morgan fingerprint density at radius 3 is 2.00 bits per heavy atom. The number of pyridine rings is 1. The van der Waals surface area contributed by atoms with Crippen LogP contribution in [0.4, 0.5) is 0 Å². The lowest BCUT2D eigenvalue weighted by atomic mass is 9.94. The fraction of sp³-hybridized carbons (Fsp3) is 0.583. The van der Waals surface area contributed by atoms with E-state index in [0.29, 0.717) is 5.92 Å². The normalized spacial score (nSPS) is 11.1. The van der Waals surface area contributed by atoms with Gasteiger partial charge in [0, 0.05) is 18.3 Å². The van der Waals surface area contributed by atoms with Crippen molar-refractivity contribution in [3.63, 3.8) is 0 Å². The smallest absolute Gasteiger partial charge is 0.253 e. The molecule has 2 heteroatoms. The second kappa shape index (κ2) is 3.60. The maximum Gasteiger partial charge on any atom is 0.253 e. The van der Waals surface area contributed by atoms with Crippen molar-refractivity contribution in [2.75, 3.05) is 0 Å². The first-order valence-corrected chi connectivity index (χ1v) is 5.04. The van der Waals surface area contributed by atoms with Crippen molar-refractivity contribution in [1.29, 1.82) is 0 Å². The van der Waals surface area contributed by atoms with E-state index in [1.807, 2.05) is 27.8 Å². The molecule has 78 valence electrons. The largest absolute Gasteiger partial charge is 0.315 e. The van der Waals surface area contributed by atoms with Gasteiger partial charge < -0.3 is 4.57 Å². The highest BCUT2D eigenvalue weighted by molar-refractivity contribution is 5.37. The molecule has 1 aromatic heterocycles. The molecule has 0 N–H and O–H groups in total. The van der Waals surface area contributed by atoms with Crippen molar-refractivity contribution in [3.8, 4) is 0 Å². The number of aromatic nitrogens is 1. The Labute approximate surface area is 85.6 Å². The van der Waals surface area contributed by atoms with E-state index in [9.17, 15) is 4.79 Å². The molecule has 0 aliphatic heterocycles. The summed E-state index contributed by atoms with van der Waals surface area (Å²) in [5.74, 6) is 0.473. The summed E-state index contributed by atoms with van der Waals surface area (Å²) >= 11 is 0. The quantitative estimate of drug-likeness (QED) is 0.671. The van der Waals surface area contributed by atoms with Crippen molar-refractivity contribution >= 4 is 0 Å². The van der Waals surface area contributed by atoms with Crippen LogP contribution in [0.2, 0.25) is 0 Å². The Balaban J connectivity index is 3.69. The van der Waals surface area contributed by atoms with Crippen molar-refractivity contribution < 1.29 is 0 Å². The van der Waals surface area contributed by atoms with Crippen LogP contribution < -0.4 is 5.56 Å². The maximum absolute atomic E-state index is 11.7. The number of hydrogen-bond donors (Lipinski definition) is 0. The summed E-state index contributed by atoms with van der Waals surface area (Å²) in [4.78, 5) is 11.7. The monoisotopic (exact) mass is 193 g/mol. The zero-order valence-corrected chi connectivity index (χ0v) is 9.93. The zero-order valence-electron chi connectivity index (χ0n) is 9.93. The van der Waals surface area contributed by atoms with Gasteiger partial charge in [0.15, 0.2) is 0 Å². The predicted octanol–water partition coefficient (Wildman–Crippen LogP) is 2.43. The Hall–Kier alpha value is -1.05. The molecule has 0 radical (unpaired) electrons. The first kappa shape index (κ1) is 11.0. The van der Waals surface area contributed by atoms with E-state index >= 15 is 0 Å². The molecule has 0 aliphatic carbocycles. The highest BCUT2D eigenvalue weighted by Crippen LogP contribution is 2.22. The molecule has 0 aliphatic rings. The van der Waals surface area contributed by atoms with E-state index in [1.54, 1.807) is 4.57 Å². The van der Waals surface area contributed by atoms with E-state index < -0.39 is 0 Å². The lowest BCUT2D eigenvalue weighted by molar-refractivity contribution is 0.742. The molecule has 0 amide bonds. The maximum atomic E-state index is 11.7. The SMILES string of the molecule is Cc1c(C(C)C)c(C)n(C)c(=O)c1C. The van der Waals surface area contributed by atoms with Crippen LogP contribution in [0.5, 0.6) is 0 Å². The van der Waals surface area contributed by atoms with Gasteiger partial charge >= 0.3 is 0 Å². The molecule has 0 bridgehead atoms. The molecule has 0 spiro atoms. The third-order valence-electron chi connectivity index (χ3n) is 3.06. The van der Waals surface area contributed by atoms with Crippen LogP contribution in [0, 0.1) is 20.8 Å². The van der Waals surface area contributed by atoms with Crippen LogP contribution in [0.25, 0.3) is 0 Å². The van der Waals surface area contributed by atoms with Crippen LogP contribution in [0.1, 0.15) is 42.1 Å². The van der Waals surface area contributed by atoms with Gasteiger partial charge in [-0.1, -0.05) is 13.8 Å². The highest BCUT2D eigenvalue weighted by Gasteiger charge is 2.13. The Morgan fingerprint density at radius 1 is 1.07 bits per heavy atom. The summed E-state index contributed by atoms with van der Waals surface area (Å²) in [5.41, 5.74) is 4.56. The molecule has 14 heavy (non-hydrogen) atoms. The fourth-order valence-electron chi connectivity index (χ4n) is 2.07. The topological polar surface area (TPSA) is 22.0 Å². The van der Waals surface area contributed by atoms with Crippen molar-refractivity contribution in [2.45, 2.75) is 40.5 Å². The van der Waals surface area contributed by atoms with Gasteiger partial charge in [-0.3, -0.25) is 4.79 Å². The average Bonchev–Trinajstić information content (AvgIpc) is 2.11. The lowest BCUT2D eigenvalue weighted by Gasteiger charge is -2.18. The Kier molecular flexibility index (Phi) is 2.84. The van der Waals surface area contributed by atoms with Crippen molar-refractivity contribution in [1.82, 2.24) is 4.57 Å². The number of rotatable bonds is 1. The van der Waals surface area contributed by atoms with Gasteiger partial charge in [-0.15, -0.1) is 0 Å². The highest BCUT2D eigenvalue weighted by atomic mass is 16.1. The molecule has 2 nitrogen and oxygen atoms in total. The van der Waals surface area contributed by atoms with Gasteiger partial charge in [0.2, 0.25) is 0 Å². The number of hydrogen-bond acceptors (Lipinski definition) is 1. The number of nitrogens with zero attached hydrogens (tertiary/aromatic N) is 1. The molecule has 0 aromatic carbocycles. The minimum absolute atomic E-state index is 0.129. The van der Waals surface area contributed by atoms with E-state index in [0.717, 1.165) is 16.8 Å². The summed E-state index contributed by atoms with van der Waals surface area (Å²) in [6, 6.07) is 0. The van der Waals surface area contributed by atoms with Crippen LogP contribution in [0.15, 0.2) is 4.79 Å². The third-order valence-corrected chi connectivity index (χ3v) is 3.06. The first-order chi connectivity index (χ1) is 6.37. The molecular weight excluding hydrogens is 174 g/mol. The molecule has 0 unspecified atom stereocenters. The predicted molar refractivity (Wildman–Crippen MR) is 60.0 cm³/mol. The molecule has 0 atom stereocenters. The molecule has 0 saturated carbocycles. The Bertz CT molecular complexity index is 381. The minimum atomic E-state index is 0.129. The summed E-state index contributed by atoms with van der Waals surface area (Å²) in [7, 11) is 1.84. The van der Waals surface area contributed by atoms with E-state index in [1.165, 1.54) is 5.56 Å². The Morgan fingerprint density at radius 2 is 1.57 bits per heavy atom. The molecule has 1 heterocycles. The van der Waals surface area contributed by atoms with Crippen molar-refractivity contribution in [3.05, 3.63) is 32.7 Å². The second-order valence-electron chi connectivity index (χ2n) is 4.27. The van der Waals surface area contributed by atoms with E-state index in [4.69, 9.17) is 0 Å². The fourth-order valence-corrected chi connectivity index (χ4v) is 2.07. The van der Waals surface area contributed by atoms with E-state index in [-0.39, 0.29) is 5.56 Å². The van der Waals surface area contributed by atoms with Gasteiger partial charge in [0.1, 0.15) is 0 Å². The van der Waals surface area contributed by atoms with Gasteiger partial charge in [0.25, 0.3) is 5.56 Å². The minimum Gasteiger partial charge on any atom is -0.315 e. The van der Waals surface area contributed by atoms with Crippen LogP contribution in [0.3, 0.4) is 0 Å². The van der Waals surface area contributed by atoms with Gasteiger partial charge in [-0.25, -0.2) is 0 Å². The summed E-state index contributed by atoms with van der Waals surface area (Å²) in [5, 5.41) is 0. The first-order valence-electron chi connectivity index (χ1n) is 5.04. The summed E-state index contributed by atoms with van der Waals surface area (Å²) in [6.45, 7) is 10.3. The molecule has 1 rings (SSSR count).